The van der Waals surface area contributed by atoms with Crippen molar-refractivity contribution in [1.29, 1.82) is 0 Å². The Balaban J connectivity index is 1.93. The van der Waals surface area contributed by atoms with Gasteiger partial charge < -0.3 is 15.2 Å². The maximum atomic E-state index is 11.7. The highest BCUT2D eigenvalue weighted by molar-refractivity contribution is 4.75. The van der Waals surface area contributed by atoms with Crippen LogP contribution >= 0.6 is 0 Å². The molecule has 0 radical (unpaired) electrons. The fourth-order valence-corrected chi connectivity index (χ4v) is 1.93. The zero-order valence-corrected chi connectivity index (χ0v) is 9.84. The van der Waals surface area contributed by atoms with E-state index in [4.69, 9.17) is 10.5 Å². The molecule has 0 aromatic heterocycles. The van der Waals surface area contributed by atoms with Crippen molar-refractivity contribution in [2.24, 2.45) is 5.73 Å². The second-order valence-corrected chi connectivity index (χ2v) is 4.44. The third-order valence-corrected chi connectivity index (χ3v) is 2.72. The van der Waals surface area contributed by atoms with Crippen LogP contribution in [-0.2, 0) is 9.47 Å². The van der Waals surface area contributed by atoms with E-state index in [9.17, 15) is 13.2 Å². The van der Waals surface area contributed by atoms with Gasteiger partial charge in [-0.25, -0.2) is 0 Å². The Morgan fingerprint density at radius 3 is 2.59 bits per heavy atom. The van der Waals surface area contributed by atoms with Gasteiger partial charge in [0.1, 0.15) is 6.61 Å². The summed E-state index contributed by atoms with van der Waals surface area (Å²) >= 11 is 0. The molecule has 102 valence electrons. The third-order valence-electron chi connectivity index (χ3n) is 2.72. The molecule has 0 aromatic carbocycles. The van der Waals surface area contributed by atoms with Gasteiger partial charge in [0.25, 0.3) is 0 Å². The minimum absolute atomic E-state index is 0.0816. The van der Waals surface area contributed by atoms with E-state index in [0.717, 1.165) is 25.7 Å². The summed E-state index contributed by atoms with van der Waals surface area (Å²) in [5.74, 6) is 0. The number of ether oxygens (including phenoxy) is 2. The predicted molar refractivity (Wildman–Crippen MR) is 57.7 cm³/mol. The van der Waals surface area contributed by atoms with Gasteiger partial charge in [-0.15, -0.1) is 0 Å². The average Bonchev–Trinajstić information content (AvgIpc) is 2.22. The smallest absolute Gasteiger partial charge is 0.378 e. The molecular weight excluding hydrogens is 235 g/mol. The molecule has 0 heterocycles. The van der Waals surface area contributed by atoms with E-state index >= 15 is 0 Å². The number of hydrogen-bond donors (Lipinski definition) is 1. The first kappa shape index (κ1) is 14.7. The topological polar surface area (TPSA) is 44.5 Å². The number of hydrogen-bond acceptors (Lipinski definition) is 3. The maximum absolute atomic E-state index is 11.7. The van der Waals surface area contributed by atoms with Gasteiger partial charge in [-0.2, -0.15) is 13.2 Å². The summed E-state index contributed by atoms with van der Waals surface area (Å²) in [6, 6.07) is 0.204. The van der Waals surface area contributed by atoms with Gasteiger partial charge in [-0.3, -0.25) is 0 Å². The van der Waals surface area contributed by atoms with Gasteiger partial charge in [-0.1, -0.05) is 0 Å². The molecular formula is C11H20F3NO2. The Bertz CT molecular complexity index is 211. The van der Waals surface area contributed by atoms with E-state index in [1.165, 1.54) is 0 Å². The first-order valence-electron chi connectivity index (χ1n) is 5.99. The summed E-state index contributed by atoms with van der Waals surface area (Å²) in [5, 5.41) is 0. The van der Waals surface area contributed by atoms with Crippen molar-refractivity contribution < 1.29 is 22.6 Å². The number of halogens is 3. The van der Waals surface area contributed by atoms with Crippen LogP contribution in [0, 0.1) is 0 Å². The molecule has 1 rings (SSSR count). The summed E-state index contributed by atoms with van der Waals surface area (Å²) in [6.45, 7) is -0.658. The Hall–Kier alpha value is -0.330. The van der Waals surface area contributed by atoms with Gasteiger partial charge in [-0.05, 0) is 32.1 Å². The molecule has 2 atom stereocenters. The molecule has 17 heavy (non-hydrogen) atoms. The van der Waals surface area contributed by atoms with Crippen molar-refractivity contribution in [3.05, 3.63) is 0 Å². The van der Waals surface area contributed by atoms with E-state index in [1.807, 2.05) is 0 Å². The number of alkyl halides is 3. The molecule has 1 fully saturated rings. The molecule has 1 aliphatic carbocycles. The van der Waals surface area contributed by atoms with Crippen LogP contribution in [0.5, 0.6) is 0 Å². The van der Waals surface area contributed by atoms with Crippen molar-refractivity contribution in [2.75, 3.05) is 19.8 Å². The van der Waals surface area contributed by atoms with E-state index < -0.39 is 12.8 Å². The molecule has 0 bridgehead atoms. The van der Waals surface area contributed by atoms with Crippen LogP contribution in [0.1, 0.15) is 32.1 Å². The molecule has 1 saturated carbocycles. The van der Waals surface area contributed by atoms with Crippen LogP contribution in [-0.4, -0.2) is 38.1 Å². The highest BCUT2D eigenvalue weighted by Gasteiger charge is 2.27. The summed E-state index contributed by atoms with van der Waals surface area (Å²) in [5.41, 5.74) is 5.80. The fraction of sp³-hybridized carbons (Fsp3) is 1.00. The van der Waals surface area contributed by atoms with Gasteiger partial charge in [0.15, 0.2) is 0 Å². The molecule has 3 nitrogen and oxygen atoms in total. The molecule has 0 aromatic rings. The fourth-order valence-electron chi connectivity index (χ4n) is 1.93. The SMILES string of the molecule is NC1CCCC(OCCCOCC(F)(F)F)C1. The molecule has 1 aliphatic rings. The molecule has 0 saturated heterocycles. The first-order valence-corrected chi connectivity index (χ1v) is 5.99. The maximum Gasteiger partial charge on any atom is 0.411 e. The lowest BCUT2D eigenvalue weighted by atomic mass is 9.94. The lowest BCUT2D eigenvalue weighted by Crippen LogP contribution is -2.32. The molecule has 0 spiro atoms. The predicted octanol–water partition coefficient (Wildman–Crippen LogP) is 2.24. The zero-order chi connectivity index (χ0) is 12.7. The van der Waals surface area contributed by atoms with Gasteiger partial charge >= 0.3 is 6.18 Å². The Kier molecular flexibility index (Phi) is 6.22. The van der Waals surface area contributed by atoms with Gasteiger partial charge in [0.05, 0.1) is 6.10 Å². The summed E-state index contributed by atoms with van der Waals surface area (Å²) in [6.07, 6.45) is 0.367. The highest BCUT2D eigenvalue weighted by Crippen LogP contribution is 2.20. The third kappa shape index (κ3) is 7.57. The van der Waals surface area contributed by atoms with Crippen LogP contribution < -0.4 is 5.73 Å². The van der Waals surface area contributed by atoms with E-state index in [-0.39, 0.29) is 18.8 Å². The Labute approximate surface area is 99.4 Å². The molecule has 0 aliphatic heterocycles. The van der Waals surface area contributed by atoms with Crippen LogP contribution in [0.2, 0.25) is 0 Å². The molecule has 2 unspecified atom stereocenters. The molecule has 2 N–H and O–H groups in total. The van der Waals surface area contributed by atoms with E-state index in [2.05, 4.69) is 4.74 Å². The summed E-state index contributed by atoms with van der Waals surface area (Å²) in [4.78, 5) is 0. The average molecular weight is 255 g/mol. The second-order valence-electron chi connectivity index (χ2n) is 4.44. The lowest BCUT2D eigenvalue weighted by molar-refractivity contribution is -0.174. The monoisotopic (exact) mass is 255 g/mol. The number of rotatable bonds is 6. The van der Waals surface area contributed by atoms with Gasteiger partial charge in [0.2, 0.25) is 0 Å². The van der Waals surface area contributed by atoms with Gasteiger partial charge in [0, 0.05) is 19.3 Å². The second kappa shape index (κ2) is 7.18. The van der Waals surface area contributed by atoms with Crippen LogP contribution in [0.25, 0.3) is 0 Å². The zero-order valence-electron chi connectivity index (χ0n) is 9.84. The van der Waals surface area contributed by atoms with E-state index in [0.29, 0.717) is 13.0 Å². The highest BCUT2D eigenvalue weighted by atomic mass is 19.4. The van der Waals surface area contributed by atoms with Crippen molar-refractivity contribution >= 4 is 0 Å². The minimum Gasteiger partial charge on any atom is -0.378 e. The normalized spacial score (nSPS) is 26.1. The summed E-state index contributed by atoms with van der Waals surface area (Å²) in [7, 11) is 0. The lowest BCUT2D eigenvalue weighted by Gasteiger charge is -2.26. The number of nitrogens with two attached hydrogens (primary N) is 1. The first-order chi connectivity index (χ1) is 7.97. The Morgan fingerprint density at radius 1 is 1.18 bits per heavy atom. The standard InChI is InChI=1S/C11H20F3NO2/c12-11(13,14)8-16-5-2-6-17-10-4-1-3-9(15)7-10/h9-10H,1-8,15H2. The van der Waals surface area contributed by atoms with E-state index in [1.54, 1.807) is 0 Å². The van der Waals surface area contributed by atoms with Crippen LogP contribution in [0.15, 0.2) is 0 Å². The molecule has 0 amide bonds. The van der Waals surface area contributed by atoms with Crippen molar-refractivity contribution in [3.8, 4) is 0 Å². The Morgan fingerprint density at radius 2 is 1.94 bits per heavy atom. The van der Waals surface area contributed by atoms with Crippen molar-refractivity contribution in [2.45, 2.75) is 50.4 Å². The molecule has 6 heteroatoms. The van der Waals surface area contributed by atoms with Crippen molar-refractivity contribution in [3.63, 3.8) is 0 Å². The minimum atomic E-state index is -4.24. The summed E-state index contributed by atoms with van der Waals surface area (Å²) < 4.78 is 45.2. The van der Waals surface area contributed by atoms with Crippen LogP contribution in [0.4, 0.5) is 13.2 Å². The van der Waals surface area contributed by atoms with Crippen LogP contribution in [0.3, 0.4) is 0 Å². The van der Waals surface area contributed by atoms with Crippen molar-refractivity contribution in [1.82, 2.24) is 0 Å². The largest absolute Gasteiger partial charge is 0.411 e. The quantitative estimate of drug-likeness (QED) is 0.740.